The van der Waals surface area contributed by atoms with Gasteiger partial charge in [0.05, 0.1) is 16.7 Å². The van der Waals surface area contributed by atoms with E-state index in [1.807, 2.05) is 0 Å². The summed E-state index contributed by atoms with van der Waals surface area (Å²) in [6.45, 7) is -0.399. The molecule has 0 atom stereocenters. The highest BCUT2D eigenvalue weighted by atomic mass is 19.3. The second-order valence-electron chi connectivity index (χ2n) is 2.58. The summed E-state index contributed by atoms with van der Waals surface area (Å²) in [6, 6.07) is 0.399. The lowest BCUT2D eigenvalue weighted by atomic mass is 10.2. The third-order valence-corrected chi connectivity index (χ3v) is 1.65. The van der Waals surface area contributed by atoms with E-state index in [9.17, 15) is 23.3 Å². The highest BCUT2D eigenvalue weighted by Crippen LogP contribution is 2.28. The summed E-state index contributed by atoms with van der Waals surface area (Å²) >= 11 is 0. The molecule has 0 aliphatic heterocycles. The van der Waals surface area contributed by atoms with Gasteiger partial charge in [-0.15, -0.1) is 0 Å². The molecule has 0 saturated carbocycles. The van der Waals surface area contributed by atoms with Crippen LogP contribution < -0.4 is 5.73 Å². The largest absolute Gasteiger partial charge is 0.325 e. The van der Waals surface area contributed by atoms with E-state index in [2.05, 4.69) is 4.98 Å². The molecule has 8 heteroatoms. The number of nitrogens with zero attached hydrogens (tertiary/aromatic N) is 2. The first kappa shape index (κ1) is 11.4. The highest BCUT2D eigenvalue weighted by molar-refractivity contribution is 5.37. The zero-order valence-corrected chi connectivity index (χ0v) is 7.28. The average molecular weight is 221 g/mol. The maximum Gasteiger partial charge on any atom is 0.299 e. The Bertz CT molecular complexity index is 397. The molecule has 82 valence electrons. The molecular weight excluding hydrogens is 215 g/mol. The lowest BCUT2D eigenvalue weighted by molar-refractivity contribution is -0.386. The molecule has 5 nitrogen and oxygen atoms in total. The van der Waals surface area contributed by atoms with Gasteiger partial charge < -0.3 is 5.73 Å². The monoisotopic (exact) mass is 221 g/mol. The van der Waals surface area contributed by atoms with Crippen molar-refractivity contribution in [2.45, 2.75) is 13.0 Å². The molecule has 0 saturated heterocycles. The number of nitro groups is 1. The fraction of sp³-hybridized carbons (Fsp3) is 0.286. The lowest BCUT2D eigenvalue weighted by Crippen LogP contribution is -2.08. The number of pyridine rings is 1. The molecule has 0 aromatic carbocycles. The number of hydrogen-bond donors (Lipinski definition) is 1. The number of rotatable bonds is 3. The number of aromatic nitrogens is 1. The van der Waals surface area contributed by atoms with Gasteiger partial charge in [0.1, 0.15) is 0 Å². The van der Waals surface area contributed by atoms with Crippen molar-refractivity contribution in [3.63, 3.8) is 0 Å². The Balaban J connectivity index is 3.38. The van der Waals surface area contributed by atoms with Gasteiger partial charge in [0.2, 0.25) is 0 Å². The summed E-state index contributed by atoms with van der Waals surface area (Å²) in [5, 5.41) is 10.3. The Kier molecular flexibility index (Phi) is 3.20. The first-order chi connectivity index (χ1) is 6.97. The molecule has 0 bridgehead atoms. The standard InChI is InChI=1S/C7H6F3N3O2/c8-3-1-5(13(14)15)6(7(9)10)12-4(3)2-11/h1,7H,2,11H2. The van der Waals surface area contributed by atoms with Crippen molar-refractivity contribution in [3.8, 4) is 0 Å². The Morgan fingerprint density at radius 1 is 1.60 bits per heavy atom. The number of hydrogen-bond acceptors (Lipinski definition) is 4. The number of nitrogens with two attached hydrogens (primary N) is 1. The third kappa shape index (κ3) is 2.21. The molecule has 2 N–H and O–H groups in total. The van der Waals surface area contributed by atoms with E-state index in [-0.39, 0.29) is 0 Å². The van der Waals surface area contributed by atoms with Gasteiger partial charge >= 0.3 is 0 Å². The van der Waals surface area contributed by atoms with Crippen molar-refractivity contribution < 1.29 is 18.1 Å². The molecule has 0 unspecified atom stereocenters. The van der Waals surface area contributed by atoms with Crippen molar-refractivity contribution in [2.75, 3.05) is 0 Å². The molecule has 0 aliphatic rings. The highest BCUT2D eigenvalue weighted by Gasteiger charge is 2.26. The minimum atomic E-state index is -3.14. The predicted molar refractivity (Wildman–Crippen MR) is 43.7 cm³/mol. The third-order valence-electron chi connectivity index (χ3n) is 1.65. The summed E-state index contributed by atoms with van der Waals surface area (Å²) < 4.78 is 37.6. The van der Waals surface area contributed by atoms with Crippen molar-refractivity contribution in [2.24, 2.45) is 5.73 Å². The first-order valence-corrected chi connectivity index (χ1v) is 3.79. The van der Waals surface area contributed by atoms with Crippen molar-refractivity contribution in [1.82, 2.24) is 4.98 Å². The summed E-state index contributed by atoms with van der Waals surface area (Å²) in [5.74, 6) is -1.06. The molecule has 1 aromatic heterocycles. The van der Waals surface area contributed by atoms with Crippen LogP contribution in [0.15, 0.2) is 6.07 Å². The van der Waals surface area contributed by atoms with Gasteiger partial charge in [0.15, 0.2) is 11.5 Å². The van der Waals surface area contributed by atoms with Crippen LogP contribution in [0.3, 0.4) is 0 Å². The minimum Gasteiger partial charge on any atom is -0.325 e. The SMILES string of the molecule is NCc1nc(C(F)F)c([N+](=O)[O-])cc1F. The summed E-state index contributed by atoms with van der Waals surface area (Å²) in [4.78, 5) is 12.3. The van der Waals surface area contributed by atoms with E-state index in [0.717, 1.165) is 0 Å². The molecule has 0 amide bonds. The molecule has 1 heterocycles. The second-order valence-corrected chi connectivity index (χ2v) is 2.58. The maximum atomic E-state index is 13.0. The Hall–Kier alpha value is -1.70. The van der Waals surface area contributed by atoms with E-state index in [0.29, 0.717) is 6.07 Å². The molecule has 0 spiro atoms. The lowest BCUT2D eigenvalue weighted by Gasteiger charge is -2.04. The van der Waals surface area contributed by atoms with Gasteiger partial charge in [-0.3, -0.25) is 10.1 Å². The molecular formula is C7H6F3N3O2. The van der Waals surface area contributed by atoms with Gasteiger partial charge in [-0.25, -0.2) is 18.2 Å². The van der Waals surface area contributed by atoms with E-state index in [4.69, 9.17) is 5.73 Å². The van der Waals surface area contributed by atoms with Crippen LogP contribution in [0.1, 0.15) is 17.8 Å². The van der Waals surface area contributed by atoms with Gasteiger partial charge in [0, 0.05) is 6.54 Å². The summed E-state index contributed by atoms with van der Waals surface area (Å²) in [5.41, 5.74) is 2.50. The molecule has 15 heavy (non-hydrogen) atoms. The van der Waals surface area contributed by atoms with Gasteiger partial charge in [0.25, 0.3) is 12.1 Å². The van der Waals surface area contributed by atoms with Gasteiger partial charge in [-0.2, -0.15) is 0 Å². The van der Waals surface area contributed by atoms with Crippen LogP contribution in [0.5, 0.6) is 0 Å². The van der Waals surface area contributed by atoms with Crippen LogP contribution in [0.4, 0.5) is 18.9 Å². The molecule has 0 radical (unpaired) electrons. The quantitative estimate of drug-likeness (QED) is 0.619. The van der Waals surface area contributed by atoms with Crippen LogP contribution in [0.25, 0.3) is 0 Å². The fourth-order valence-corrected chi connectivity index (χ4v) is 0.983. The topological polar surface area (TPSA) is 82.0 Å². The summed E-state index contributed by atoms with van der Waals surface area (Å²) in [6.07, 6.45) is -3.14. The van der Waals surface area contributed by atoms with E-state index in [1.54, 1.807) is 0 Å². The molecule has 1 rings (SSSR count). The van der Waals surface area contributed by atoms with Crippen LogP contribution >= 0.6 is 0 Å². The number of alkyl halides is 2. The van der Waals surface area contributed by atoms with Crippen molar-refractivity contribution in [1.29, 1.82) is 0 Å². The average Bonchev–Trinajstić information content (AvgIpc) is 2.16. The smallest absolute Gasteiger partial charge is 0.299 e. The van der Waals surface area contributed by atoms with Gasteiger partial charge in [-0.05, 0) is 0 Å². The van der Waals surface area contributed by atoms with Crippen molar-refractivity contribution in [3.05, 3.63) is 33.4 Å². The van der Waals surface area contributed by atoms with Crippen LogP contribution in [-0.4, -0.2) is 9.91 Å². The Morgan fingerprint density at radius 2 is 2.20 bits per heavy atom. The maximum absolute atomic E-state index is 13.0. The zero-order chi connectivity index (χ0) is 11.6. The van der Waals surface area contributed by atoms with E-state index >= 15 is 0 Å². The fourth-order valence-electron chi connectivity index (χ4n) is 0.983. The van der Waals surface area contributed by atoms with Crippen LogP contribution in [0, 0.1) is 15.9 Å². The molecule has 0 aliphatic carbocycles. The van der Waals surface area contributed by atoms with Crippen molar-refractivity contribution >= 4 is 5.69 Å². The molecule has 0 fully saturated rings. The molecule has 1 aromatic rings. The minimum absolute atomic E-state index is 0.399. The van der Waals surface area contributed by atoms with Gasteiger partial charge in [-0.1, -0.05) is 0 Å². The predicted octanol–water partition coefficient (Wildman–Crippen LogP) is 1.53. The number of halogens is 3. The zero-order valence-electron chi connectivity index (χ0n) is 7.28. The van der Waals surface area contributed by atoms with Crippen LogP contribution in [0.2, 0.25) is 0 Å². The first-order valence-electron chi connectivity index (χ1n) is 3.79. The second kappa shape index (κ2) is 4.22. The Morgan fingerprint density at radius 3 is 2.60 bits per heavy atom. The Labute approximate surface area is 81.9 Å². The normalized spacial score (nSPS) is 10.7. The van der Waals surface area contributed by atoms with E-state index in [1.165, 1.54) is 0 Å². The van der Waals surface area contributed by atoms with E-state index < -0.39 is 40.8 Å². The van der Waals surface area contributed by atoms with Crippen LogP contribution in [-0.2, 0) is 6.54 Å². The summed E-state index contributed by atoms with van der Waals surface area (Å²) in [7, 11) is 0.